The summed E-state index contributed by atoms with van der Waals surface area (Å²) in [5, 5.41) is 6.89. The molecular weight excluding hydrogens is 190 g/mol. The molecule has 0 saturated carbocycles. The first-order valence-electron chi connectivity index (χ1n) is 4.92. The summed E-state index contributed by atoms with van der Waals surface area (Å²) in [6.45, 7) is 2.10. The predicted octanol–water partition coefficient (Wildman–Crippen LogP) is 1.40. The molecule has 0 fully saturated rings. The van der Waals surface area contributed by atoms with E-state index in [1.165, 1.54) is 0 Å². The largest absolute Gasteiger partial charge is 0.382 e. The molecule has 0 aliphatic heterocycles. The number of nitrogens with two attached hydrogens (primary N) is 1. The van der Waals surface area contributed by atoms with Crippen molar-refractivity contribution in [3.8, 4) is 11.4 Å². The third-order valence-electron chi connectivity index (χ3n) is 2.22. The molecule has 0 aliphatic rings. The molecule has 0 unspecified atom stereocenters. The van der Waals surface area contributed by atoms with Crippen molar-refractivity contribution < 1.29 is 0 Å². The van der Waals surface area contributed by atoms with Gasteiger partial charge in [-0.15, -0.1) is 0 Å². The van der Waals surface area contributed by atoms with E-state index in [1.807, 2.05) is 0 Å². The molecule has 0 bridgehead atoms. The standard InChI is InChI=1S/C10H13N5/c1-2-3-7-9(14-15-10(7)11)8-6-12-4-5-13-8/h4-6H,2-3H2,1H3,(H3,11,14,15). The van der Waals surface area contributed by atoms with Gasteiger partial charge in [-0.3, -0.25) is 15.1 Å². The number of hydrogen-bond donors (Lipinski definition) is 2. The zero-order valence-corrected chi connectivity index (χ0v) is 8.57. The number of H-pyrrole nitrogens is 1. The van der Waals surface area contributed by atoms with Crippen molar-refractivity contribution in [2.45, 2.75) is 19.8 Å². The number of nitrogen functional groups attached to an aromatic ring is 1. The van der Waals surface area contributed by atoms with Crippen molar-refractivity contribution in [3.63, 3.8) is 0 Å². The number of anilines is 1. The van der Waals surface area contributed by atoms with E-state index in [9.17, 15) is 0 Å². The number of nitrogens with one attached hydrogen (secondary N) is 1. The van der Waals surface area contributed by atoms with Crippen molar-refractivity contribution in [1.29, 1.82) is 0 Å². The first kappa shape index (κ1) is 9.64. The van der Waals surface area contributed by atoms with Crippen LogP contribution in [0, 0.1) is 0 Å². The van der Waals surface area contributed by atoms with Crippen LogP contribution in [0.4, 0.5) is 5.82 Å². The third kappa shape index (κ3) is 1.81. The molecule has 0 aromatic carbocycles. The van der Waals surface area contributed by atoms with Crippen molar-refractivity contribution in [2.24, 2.45) is 0 Å². The Labute approximate surface area is 87.8 Å². The Morgan fingerprint density at radius 1 is 1.40 bits per heavy atom. The fraction of sp³-hybridized carbons (Fsp3) is 0.300. The Kier molecular flexibility index (Phi) is 2.62. The lowest BCUT2D eigenvalue weighted by Crippen LogP contribution is -1.93. The summed E-state index contributed by atoms with van der Waals surface area (Å²) >= 11 is 0. The molecule has 15 heavy (non-hydrogen) atoms. The average Bonchev–Trinajstić information content (AvgIpc) is 2.63. The van der Waals surface area contributed by atoms with Gasteiger partial charge < -0.3 is 5.73 Å². The Morgan fingerprint density at radius 2 is 2.27 bits per heavy atom. The molecule has 3 N–H and O–H groups in total. The number of aromatic amines is 1. The van der Waals surface area contributed by atoms with Crippen LogP contribution in [0.3, 0.4) is 0 Å². The first-order chi connectivity index (χ1) is 7.33. The van der Waals surface area contributed by atoms with Crippen molar-refractivity contribution >= 4 is 5.82 Å². The van der Waals surface area contributed by atoms with Gasteiger partial charge in [-0.05, 0) is 6.42 Å². The van der Waals surface area contributed by atoms with Crippen LogP contribution in [0.25, 0.3) is 11.4 Å². The summed E-state index contributed by atoms with van der Waals surface area (Å²) in [6.07, 6.45) is 6.92. The molecular formula is C10H13N5. The van der Waals surface area contributed by atoms with E-state index in [1.54, 1.807) is 18.6 Å². The molecule has 0 radical (unpaired) electrons. The van der Waals surface area contributed by atoms with E-state index < -0.39 is 0 Å². The molecule has 2 rings (SSSR count). The van der Waals surface area contributed by atoms with Gasteiger partial charge in [0.15, 0.2) is 0 Å². The maximum atomic E-state index is 5.77. The van der Waals surface area contributed by atoms with E-state index in [-0.39, 0.29) is 0 Å². The van der Waals surface area contributed by atoms with E-state index in [2.05, 4.69) is 27.1 Å². The van der Waals surface area contributed by atoms with E-state index in [0.29, 0.717) is 5.82 Å². The average molecular weight is 203 g/mol. The summed E-state index contributed by atoms with van der Waals surface area (Å²) in [7, 11) is 0. The van der Waals surface area contributed by atoms with Gasteiger partial charge in [0.2, 0.25) is 0 Å². The van der Waals surface area contributed by atoms with Crippen molar-refractivity contribution in [2.75, 3.05) is 5.73 Å². The van der Waals surface area contributed by atoms with Gasteiger partial charge >= 0.3 is 0 Å². The highest BCUT2D eigenvalue weighted by molar-refractivity contribution is 5.64. The lowest BCUT2D eigenvalue weighted by molar-refractivity contribution is 0.925. The molecule has 0 amide bonds. The van der Waals surface area contributed by atoms with Crippen molar-refractivity contribution in [3.05, 3.63) is 24.2 Å². The molecule has 2 heterocycles. The smallest absolute Gasteiger partial charge is 0.149 e. The van der Waals surface area contributed by atoms with Crippen molar-refractivity contribution in [1.82, 2.24) is 20.2 Å². The maximum Gasteiger partial charge on any atom is 0.149 e. The van der Waals surface area contributed by atoms with Gasteiger partial charge in [-0.1, -0.05) is 13.3 Å². The molecule has 78 valence electrons. The summed E-state index contributed by atoms with van der Waals surface area (Å²) < 4.78 is 0. The summed E-state index contributed by atoms with van der Waals surface area (Å²) in [5.74, 6) is 0.553. The molecule has 2 aromatic heterocycles. The highest BCUT2D eigenvalue weighted by Gasteiger charge is 2.12. The zero-order valence-electron chi connectivity index (χ0n) is 8.57. The Balaban J connectivity index is 2.44. The SMILES string of the molecule is CCCc1c(N)n[nH]c1-c1cnccn1. The van der Waals surface area contributed by atoms with Gasteiger partial charge in [0, 0.05) is 18.0 Å². The number of nitrogens with zero attached hydrogens (tertiary/aromatic N) is 3. The normalized spacial score (nSPS) is 10.5. The monoisotopic (exact) mass is 203 g/mol. The minimum Gasteiger partial charge on any atom is -0.382 e. The van der Waals surface area contributed by atoms with Crippen LogP contribution in [0.5, 0.6) is 0 Å². The third-order valence-corrected chi connectivity index (χ3v) is 2.22. The second kappa shape index (κ2) is 4.08. The predicted molar refractivity (Wildman–Crippen MR) is 58.0 cm³/mol. The van der Waals surface area contributed by atoms with Gasteiger partial charge in [0.05, 0.1) is 11.9 Å². The number of rotatable bonds is 3. The first-order valence-corrected chi connectivity index (χ1v) is 4.92. The van der Waals surface area contributed by atoms with E-state index in [4.69, 9.17) is 5.73 Å². The van der Waals surface area contributed by atoms with Gasteiger partial charge in [0.1, 0.15) is 11.5 Å². The summed E-state index contributed by atoms with van der Waals surface area (Å²) in [4.78, 5) is 8.24. The summed E-state index contributed by atoms with van der Waals surface area (Å²) in [6, 6.07) is 0. The van der Waals surface area contributed by atoms with E-state index >= 15 is 0 Å². The van der Waals surface area contributed by atoms with Crippen LogP contribution in [-0.4, -0.2) is 20.2 Å². The highest BCUT2D eigenvalue weighted by atomic mass is 15.2. The topological polar surface area (TPSA) is 80.5 Å². The molecule has 0 aliphatic carbocycles. The number of hydrogen-bond acceptors (Lipinski definition) is 4. The van der Waals surface area contributed by atoms with E-state index in [0.717, 1.165) is 29.8 Å². The molecule has 0 spiro atoms. The maximum absolute atomic E-state index is 5.77. The number of aromatic nitrogens is 4. The Morgan fingerprint density at radius 3 is 2.93 bits per heavy atom. The fourth-order valence-electron chi connectivity index (χ4n) is 1.52. The van der Waals surface area contributed by atoms with Crippen LogP contribution in [0.15, 0.2) is 18.6 Å². The zero-order chi connectivity index (χ0) is 10.7. The molecule has 5 heteroatoms. The Bertz CT molecular complexity index is 434. The quantitative estimate of drug-likeness (QED) is 0.790. The van der Waals surface area contributed by atoms with Crippen LogP contribution in [0.1, 0.15) is 18.9 Å². The van der Waals surface area contributed by atoms with Gasteiger partial charge in [-0.25, -0.2) is 0 Å². The molecule has 0 saturated heterocycles. The summed E-state index contributed by atoms with van der Waals surface area (Å²) in [5.41, 5.74) is 8.46. The molecule has 5 nitrogen and oxygen atoms in total. The van der Waals surface area contributed by atoms with Crippen LogP contribution < -0.4 is 5.73 Å². The minimum atomic E-state index is 0.553. The molecule has 2 aromatic rings. The van der Waals surface area contributed by atoms with Gasteiger partial charge in [-0.2, -0.15) is 5.10 Å². The van der Waals surface area contributed by atoms with Gasteiger partial charge in [0.25, 0.3) is 0 Å². The fourth-order valence-corrected chi connectivity index (χ4v) is 1.52. The van der Waals surface area contributed by atoms with Crippen LogP contribution in [0.2, 0.25) is 0 Å². The second-order valence-corrected chi connectivity index (χ2v) is 3.30. The lowest BCUT2D eigenvalue weighted by Gasteiger charge is -2.00. The Hall–Kier alpha value is -1.91. The minimum absolute atomic E-state index is 0.553. The lowest BCUT2D eigenvalue weighted by atomic mass is 10.1. The van der Waals surface area contributed by atoms with Crippen LogP contribution >= 0.6 is 0 Å². The second-order valence-electron chi connectivity index (χ2n) is 3.30. The molecule has 0 atom stereocenters. The van der Waals surface area contributed by atoms with Crippen LogP contribution in [-0.2, 0) is 6.42 Å². The highest BCUT2D eigenvalue weighted by Crippen LogP contribution is 2.23.